The lowest BCUT2D eigenvalue weighted by molar-refractivity contribution is 0.220. The number of nitrogens with one attached hydrogen (secondary N) is 5. The van der Waals surface area contributed by atoms with Crippen molar-refractivity contribution in [2.75, 3.05) is 31.5 Å². The molecule has 8 nitrogen and oxygen atoms in total. The number of carbonyl (C=O) groups excluding carboxylic acids is 1. The number of rotatable bonds is 4. The third-order valence-electron chi connectivity index (χ3n) is 5.96. The lowest BCUT2D eigenvalue weighted by Gasteiger charge is -2.26. The molecule has 166 valence electrons. The second kappa shape index (κ2) is 8.78. The molecule has 0 radical (unpaired) electrons. The summed E-state index contributed by atoms with van der Waals surface area (Å²) in [6, 6.07) is 9.32. The van der Waals surface area contributed by atoms with Crippen LogP contribution in [0.4, 0.5) is 14.9 Å². The normalized spacial score (nSPS) is 26.2. The molecule has 1 aromatic rings. The van der Waals surface area contributed by atoms with Crippen LogP contribution >= 0.6 is 0 Å². The van der Waals surface area contributed by atoms with Crippen LogP contribution in [0.25, 0.3) is 0 Å². The largest absolute Gasteiger partial charge is 0.369 e. The maximum absolute atomic E-state index is 14.5. The Morgan fingerprint density at radius 3 is 3.03 bits per heavy atom. The molecule has 1 fully saturated rings. The van der Waals surface area contributed by atoms with Crippen molar-refractivity contribution in [1.82, 2.24) is 26.2 Å². The number of likely N-dealkylation sites (tertiary alicyclic amines) is 1. The minimum Gasteiger partial charge on any atom is -0.369 e. The molecule has 0 saturated carbocycles. The fourth-order valence-electron chi connectivity index (χ4n) is 4.22. The van der Waals surface area contributed by atoms with E-state index in [9.17, 15) is 9.18 Å². The van der Waals surface area contributed by atoms with Crippen molar-refractivity contribution in [2.45, 2.75) is 12.6 Å². The Morgan fingerprint density at radius 1 is 1.28 bits per heavy atom. The van der Waals surface area contributed by atoms with Crippen molar-refractivity contribution < 1.29 is 9.18 Å². The molecule has 5 rings (SSSR count). The number of hydrogen-bond donors (Lipinski definition) is 5. The molecule has 1 saturated heterocycles. The van der Waals surface area contributed by atoms with Gasteiger partial charge in [-0.3, -0.25) is 4.99 Å². The lowest BCUT2D eigenvalue weighted by Crippen LogP contribution is -2.42. The van der Waals surface area contributed by atoms with Crippen molar-refractivity contribution in [2.24, 2.45) is 10.9 Å². The first-order valence-electron chi connectivity index (χ1n) is 10.8. The van der Waals surface area contributed by atoms with E-state index in [-0.39, 0.29) is 30.5 Å². The number of para-hydroxylation sites is 1. The van der Waals surface area contributed by atoms with Crippen LogP contribution in [0.5, 0.6) is 0 Å². The fourth-order valence-corrected chi connectivity index (χ4v) is 4.22. The Kier molecular flexibility index (Phi) is 5.53. The van der Waals surface area contributed by atoms with E-state index in [1.54, 1.807) is 11.1 Å². The fraction of sp³-hybridized carbons (Fsp3) is 0.304. The molecule has 5 N–H and O–H groups in total. The number of dihydropyridines is 1. The number of nitrogens with zero attached hydrogens (tertiary/aromatic N) is 2. The summed E-state index contributed by atoms with van der Waals surface area (Å²) in [5.74, 6) is 1.08. The van der Waals surface area contributed by atoms with Gasteiger partial charge in [0.05, 0.1) is 6.54 Å². The molecule has 0 aliphatic carbocycles. The first-order chi connectivity index (χ1) is 15.7. The van der Waals surface area contributed by atoms with Crippen LogP contribution in [-0.2, 0) is 0 Å². The summed E-state index contributed by atoms with van der Waals surface area (Å²) in [6.07, 6.45) is 8.37. The predicted molar refractivity (Wildman–Crippen MR) is 122 cm³/mol. The summed E-state index contributed by atoms with van der Waals surface area (Å²) < 4.78 is 14.5. The van der Waals surface area contributed by atoms with Gasteiger partial charge in [-0.2, -0.15) is 0 Å². The number of urea groups is 1. The van der Waals surface area contributed by atoms with E-state index < -0.39 is 0 Å². The van der Waals surface area contributed by atoms with E-state index >= 15 is 0 Å². The lowest BCUT2D eigenvalue weighted by atomic mass is 10.0. The molecular weight excluding hydrogens is 409 g/mol. The topological polar surface area (TPSA) is 92.8 Å². The van der Waals surface area contributed by atoms with Crippen molar-refractivity contribution in [3.05, 3.63) is 77.3 Å². The molecule has 1 aromatic carbocycles. The van der Waals surface area contributed by atoms with Gasteiger partial charge in [0.2, 0.25) is 0 Å². The maximum atomic E-state index is 14.5. The van der Waals surface area contributed by atoms with Crippen molar-refractivity contribution in [3.8, 4) is 0 Å². The summed E-state index contributed by atoms with van der Waals surface area (Å²) in [5, 5.41) is 15.6. The third kappa shape index (κ3) is 4.18. The molecule has 32 heavy (non-hydrogen) atoms. The monoisotopic (exact) mass is 435 g/mol. The Hall–Kier alpha value is -3.75. The maximum Gasteiger partial charge on any atom is 0.321 e. The van der Waals surface area contributed by atoms with Crippen molar-refractivity contribution in [1.29, 1.82) is 0 Å². The molecule has 1 unspecified atom stereocenters. The average molecular weight is 436 g/mol. The van der Waals surface area contributed by atoms with Gasteiger partial charge in [-0.25, -0.2) is 9.18 Å². The number of amides is 2. The number of fused-ring (bicyclic) bond motifs is 1. The average Bonchev–Trinajstić information content (AvgIpc) is 3.47. The SMILES string of the molecule is O=C(Nc1ccccc1)N1CC[C@H](CNC2=C(F)CNC(=C3C=NC4NC=CC=C34)N2)C1. The molecule has 2 amide bonds. The van der Waals surface area contributed by atoms with E-state index in [1.807, 2.05) is 48.7 Å². The van der Waals surface area contributed by atoms with Crippen LogP contribution in [-0.4, -0.2) is 49.5 Å². The zero-order chi connectivity index (χ0) is 21.9. The molecule has 0 spiro atoms. The molecule has 9 heteroatoms. The highest BCUT2D eigenvalue weighted by Crippen LogP contribution is 2.26. The quantitative estimate of drug-likeness (QED) is 0.500. The highest BCUT2D eigenvalue weighted by atomic mass is 19.1. The van der Waals surface area contributed by atoms with E-state index in [4.69, 9.17) is 0 Å². The summed E-state index contributed by atoms with van der Waals surface area (Å²) in [6.45, 7) is 2.01. The van der Waals surface area contributed by atoms with Crippen molar-refractivity contribution >= 4 is 17.9 Å². The van der Waals surface area contributed by atoms with Gasteiger partial charge in [-0.1, -0.05) is 24.3 Å². The Bertz CT molecular complexity index is 1040. The number of hydrogen-bond acceptors (Lipinski definition) is 6. The van der Waals surface area contributed by atoms with Crippen LogP contribution in [0.2, 0.25) is 0 Å². The Balaban J connectivity index is 1.17. The first-order valence-corrected chi connectivity index (χ1v) is 10.8. The van der Waals surface area contributed by atoms with Gasteiger partial charge in [0.15, 0.2) is 5.83 Å². The standard InChI is InChI=1S/C23H26FN7O/c24-19-13-28-21(18-12-27-20-17(18)7-4-9-25-20)30-22(19)26-11-15-8-10-31(14-15)23(32)29-16-5-2-1-3-6-16/h1-7,9,12,15,20,25-26,28,30H,8,10-11,13-14H2,(H,29,32)/t15-,20?/m1/s1. The van der Waals surface area contributed by atoms with Crippen LogP contribution in [0.3, 0.4) is 0 Å². The summed E-state index contributed by atoms with van der Waals surface area (Å²) in [7, 11) is 0. The van der Waals surface area contributed by atoms with E-state index in [2.05, 4.69) is 31.6 Å². The van der Waals surface area contributed by atoms with Crippen LogP contribution in [0.15, 0.2) is 82.3 Å². The minimum absolute atomic E-state index is 0.0928. The zero-order valence-corrected chi connectivity index (χ0v) is 17.6. The first kappa shape index (κ1) is 20.2. The second-order valence-electron chi connectivity index (χ2n) is 8.15. The molecule has 0 aromatic heterocycles. The van der Waals surface area contributed by atoms with E-state index in [0.29, 0.717) is 25.5 Å². The smallest absolute Gasteiger partial charge is 0.321 e. The zero-order valence-electron chi connectivity index (χ0n) is 17.6. The second-order valence-corrected chi connectivity index (χ2v) is 8.15. The number of allylic oxidation sites excluding steroid dienone is 2. The van der Waals surface area contributed by atoms with Gasteiger partial charge in [-0.15, -0.1) is 0 Å². The van der Waals surface area contributed by atoms with Crippen LogP contribution in [0.1, 0.15) is 6.42 Å². The summed E-state index contributed by atoms with van der Waals surface area (Å²) in [5.41, 5.74) is 2.74. The number of benzene rings is 1. The van der Waals surface area contributed by atoms with Crippen LogP contribution in [0, 0.1) is 5.92 Å². The van der Waals surface area contributed by atoms with Gasteiger partial charge >= 0.3 is 6.03 Å². The van der Waals surface area contributed by atoms with Crippen LogP contribution < -0.4 is 26.6 Å². The summed E-state index contributed by atoms with van der Waals surface area (Å²) in [4.78, 5) is 18.8. The predicted octanol–water partition coefficient (Wildman–Crippen LogP) is 2.13. The molecule has 4 aliphatic rings. The van der Waals surface area contributed by atoms with E-state index in [1.165, 1.54) is 0 Å². The van der Waals surface area contributed by atoms with E-state index in [0.717, 1.165) is 29.1 Å². The Labute approximate surface area is 186 Å². The number of halogens is 1. The Morgan fingerprint density at radius 2 is 2.16 bits per heavy atom. The van der Waals surface area contributed by atoms with Crippen molar-refractivity contribution in [3.63, 3.8) is 0 Å². The number of carbonyl (C=O) groups is 1. The highest BCUT2D eigenvalue weighted by Gasteiger charge is 2.29. The molecule has 4 heterocycles. The van der Waals surface area contributed by atoms with Gasteiger partial charge in [0.25, 0.3) is 0 Å². The molecular formula is C23H26FN7O. The molecule has 4 aliphatic heterocycles. The van der Waals surface area contributed by atoms with Gasteiger partial charge in [0, 0.05) is 42.7 Å². The third-order valence-corrected chi connectivity index (χ3v) is 5.96. The van der Waals surface area contributed by atoms with Gasteiger partial charge < -0.3 is 31.5 Å². The summed E-state index contributed by atoms with van der Waals surface area (Å²) >= 11 is 0. The number of anilines is 1. The molecule has 2 atom stereocenters. The number of aliphatic imine (C=N–C) groups is 1. The highest BCUT2D eigenvalue weighted by molar-refractivity contribution is 5.90. The minimum atomic E-state index is -0.270. The van der Waals surface area contributed by atoms with Gasteiger partial charge in [0.1, 0.15) is 17.8 Å². The molecule has 0 bridgehead atoms. The van der Waals surface area contributed by atoms with Gasteiger partial charge in [-0.05, 0) is 36.7 Å².